The average molecular weight is 399 g/mol. The van der Waals surface area contributed by atoms with Crippen molar-refractivity contribution < 1.29 is 18.7 Å². The fourth-order valence-electron chi connectivity index (χ4n) is 2.42. The first kappa shape index (κ1) is 19.8. The van der Waals surface area contributed by atoms with Gasteiger partial charge in [0.1, 0.15) is 0 Å². The van der Waals surface area contributed by atoms with E-state index >= 15 is 0 Å². The second-order valence-corrected chi connectivity index (χ2v) is 6.98. The summed E-state index contributed by atoms with van der Waals surface area (Å²) in [4.78, 5) is 12.2. The van der Waals surface area contributed by atoms with Gasteiger partial charge >= 0.3 is 0 Å². The first-order valence-corrected chi connectivity index (χ1v) is 9.62. The zero-order valence-corrected chi connectivity index (χ0v) is 16.7. The number of ether oxygens (including phenoxy) is 2. The Balaban J connectivity index is 1.50. The molecule has 0 bridgehead atoms. The molecule has 0 saturated heterocycles. The van der Waals surface area contributed by atoms with Crippen LogP contribution >= 0.6 is 11.8 Å². The lowest BCUT2D eigenvalue weighted by atomic mass is 10.1. The Hall–Kier alpha value is -3.00. The Kier molecular flexibility index (Phi) is 6.54. The van der Waals surface area contributed by atoms with Crippen LogP contribution in [0.2, 0.25) is 0 Å². The third-order valence-corrected chi connectivity index (χ3v) is 4.68. The smallest absolute Gasteiger partial charge is 0.277 e. The van der Waals surface area contributed by atoms with Crippen LogP contribution in [-0.2, 0) is 11.4 Å². The molecule has 0 unspecified atom stereocenters. The first-order valence-electron chi connectivity index (χ1n) is 8.63. The van der Waals surface area contributed by atoms with E-state index in [2.05, 4.69) is 15.5 Å². The van der Waals surface area contributed by atoms with Gasteiger partial charge in [-0.1, -0.05) is 36.0 Å². The van der Waals surface area contributed by atoms with E-state index < -0.39 is 0 Å². The number of aromatic nitrogens is 2. The summed E-state index contributed by atoms with van der Waals surface area (Å²) in [6, 6.07) is 13.2. The summed E-state index contributed by atoms with van der Waals surface area (Å²) in [5, 5.41) is 11.1. The Bertz CT molecular complexity index is 958. The summed E-state index contributed by atoms with van der Waals surface area (Å²) in [5.74, 6) is 1.57. The van der Waals surface area contributed by atoms with E-state index in [1.165, 1.54) is 11.8 Å². The molecule has 146 valence electrons. The number of carbonyl (C=O) groups excluding carboxylic acids is 1. The molecule has 0 spiro atoms. The molecule has 0 aliphatic rings. The summed E-state index contributed by atoms with van der Waals surface area (Å²) < 4.78 is 16.4. The molecule has 0 aliphatic carbocycles. The van der Waals surface area contributed by atoms with Gasteiger partial charge < -0.3 is 19.2 Å². The Labute approximate surface area is 167 Å². The van der Waals surface area contributed by atoms with Crippen LogP contribution in [0.3, 0.4) is 0 Å². The number of hydrogen-bond acceptors (Lipinski definition) is 7. The number of nitrogens with zero attached hydrogens (tertiary/aromatic N) is 2. The van der Waals surface area contributed by atoms with Crippen LogP contribution in [-0.4, -0.2) is 29.0 Å². The molecule has 1 heterocycles. The minimum absolute atomic E-state index is 0.114. The fraction of sp³-hybridized carbons (Fsp3) is 0.250. The van der Waals surface area contributed by atoms with Crippen molar-refractivity contribution in [3.05, 3.63) is 59.5 Å². The van der Waals surface area contributed by atoms with Crippen LogP contribution in [0.25, 0.3) is 0 Å². The van der Waals surface area contributed by atoms with E-state index in [0.717, 1.165) is 16.8 Å². The van der Waals surface area contributed by atoms with Crippen molar-refractivity contribution >= 4 is 23.4 Å². The van der Waals surface area contributed by atoms with E-state index in [9.17, 15) is 4.79 Å². The van der Waals surface area contributed by atoms with Crippen molar-refractivity contribution in [2.75, 3.05) is 18.2 Å². The molecule has 1 aromatic heterocycles. The van der Waals surface area contributed by atoms with Gasteiger partial charge in [0.25, 0.3) is 11.1 Å². The van der Waals surface area contributed by atoms with E-state index in [1.807, 2.05) is 44.2 Å². The maximum atomic E-state index is 12.2. The molecule has 3 rings (SSSR count). The lowest BCUT2D eigenvalue weighted by Crippen LogP contribution is -2.14. The zero-order valence-electron chi connectivity index (χ0n) is 15.9. The molecule has 0 fully saturated rings. The van der Waals surface area contributed by atoms with Crippen LogP contribution in [0.5, 0.6) is 11.5 Å². The summed E-state index contributed by atoms with van der Waals surface area (Å²) in [7, 11) is 1.58. The van der Waals surface area contributed by atoms with Crippen molar-refractivity contribution in [2.24, 2.45) is 0 Å². The Morgan fingerprint density at radius 2 is 1.93 bits per heavy atom. The minimum atomic E-state index is -0.135. The number of nitrogens with one attached hydrogen (secondary N) is 1. The molecule has 0 saturated carbocycles. The van der Waals surface area contributed by atoms with Crippen LogP contribution in [0.4, 0.5) is 5.69 Å². The largest absolute Gasteiger partial charge is 0.493 e. The van der Waals surface area contributed by atoms with Crippen LogP contribution in [0.15, 0.2) is 52.1 Å². The van der Waals surface area contributed by atoms with Crippen LogP contribution in [0, 0.1) is 13.8 Å². The van der Waals surface area contributed by atoms with Gasteiger partial charge in [-0.2, -0.15) is 0 Å². The van der Waals surface area contributed by atoms with Gasteiger partial charge in [0, 0.05) is 5.69 Å². The molecule has 7 nitrogen and oxygen atoms in total. The van der Waals surface area contributed by atoms with Crippen molar-refractivity contribution in [1.29, 1.82) is 0 Å². The number of para-hydroxylation sites is 2. The maximum absolute atomic E-state index is 12.2. The standard InChI is InChI=1S/C20H21N3O4S/c1-13-8-9-14(2)15(10-13)21-18(24)12-28-20-23-22-19(27-20)11-26-17-7-5-4-6-16(17)25-3/h4-10H,11-12H2,1-3H3,(H,21,24). The summed E-state index contributed by atoms with van der Waals surface area (Å²) >= 11 is 1.18. The lowest BCUT2D eigenvalue weighted by molar-refractivity contribution is -0.113. The van der Waals surface area contributed by atoms with Crippen molar-refractivity contribution in [2.45, 2.75) is 25.7 Å². The number of carbonyl (C=O) groups is 1. The third-order valence-electron chi connectivity index (χ3n) is 3.86. The second kappa shape index (κ2) is 9.27. The molecular weight excluding hydrogens is 378 g/mol. The van der Waals surface area contributed by atoms with Gasteiger partial charge in [0.15, 0.2) is 18.1 Å². The lowest BCUT2D eigenvalue weighted by Gasteiger charge is -2.08. The van der Waals surface area contributed by atoms with Gasteiger partial charge in [-0.3, -0.25) is 4.79 Å². The van der Waals surface area contributed by atoms with E-state index in [0.29, 0.717) is 22.6 Å². The van der Waals surface area contributed by atoms with Gasteiger partial charge in [0.05, 0.1) is 12.9 Å². The number of methoxy groups -OCH3 is 1. The van der Waals surface area contributed by atoms with E-state index in [4.69, 9.17) is 13.9 Å². The molecule has 1 amide bonds. The second-order valence-electron chi connectivity index (χ2n) is 6.06. The first-order chi connectivity index (χ1) is 13.5. The monoisotopic (exact) mass is 399 g/mol. The Morgan fingerprint density at radius 1 is 1.14 bits per heavy atom. The number of benzene rings is 2. The molecule has 28 heavy (non-hydrogen) atoms. The highest BCUT2D eigenvalue weighted by Gasteiger charge is 2.12. The van der Waals surface area contributed by atoms with Crippen molar-refractivity contribution in [1.82, 2.24) is 10.2 Å². The summed E-state index contributed by atoms with van der Waals surface area (Å²) in [5.41, 5.74) is 2.91. The van der Waals surface area contributed by atoms with Gasteiger partial charge in [-0.05, 0) is 43.2 Å². The predicted molar refractivity (Wildman–Crippen MR) is 107 cm³/mol. The van der Waals surface area contributed by atoms with Gasteiger partial charge in [0.2, 0.25) is 5.91 Å². The highest BCUT2D eigenvalue weighted by atomic mass is 32.2. The Morgan fingerprint density at radius 3 is 2.71 bits per heavy atom. The van der Waals surface area contributed by atoms with Gasteiger partial charge in [-0.15, -0.1) is 10.2 Å². The SMILES string of the molecule is COc1ccccc1OCc1nnc(SCC(=O)Nc2cc(C)ccc2C)o1. The van der Waals surface area contributed by atoms with Crippen molar-refractivity contribution in [3.8, 4) is 11.5 Å². The normalized spacial score (nSPS) is 10.5. The molecular formula is C20H21N3O4S. The predicted octanol–water partition coefficient (Wildman–Crippen LogP) is 4.00. The molecule has 0 atom stereocenters. The molecule has 3 aromatic rings. The number of aryl methyl sites for hydroxylation is 2. The number of thioether (sulfide) groups is 1. The molecule has 0 radical (unpaired) electrons. The maximum Gasteiger partial charge on any atom is 0.277 e. The number of hydrogen-bond donors (Lipinski definition) is 1. The summed E-state index contributed by atoms with van der Waals surface area (Å²) in [6.45, 7) is 4.05. The zero-order chi connectivity index (χ0) is 19.9. The van der Waals surface area contributed by atoms with Crippen molar-refractivity contribution in [3.63, 3.8) is 0 Å². The third kappa shape index (κ3) is 5.26. The highest BCUT2D eigenvalue weighted by molar-refractivity contribution is 7.99. The molecule has 2 aromatic carbocycles. The average Bonchev–Trinajstić information content (AvgIpc) is 3.16. The van der Waals surface area contributed by atoms with E-state index in [-0.39, 0.29) is 18.3 Å². The minimum Gasteiger partial charge on any atom is -0.493 e. The van der Waals surface area contributed by atoms with Gasteiger partial charge in [-0.25, -0.2) is 0 Å². The van der Waals surface area contributed by atoms with Crippen LogP contribution in [0.1, 0.15) is 17.0 Å². The quantitative estimate of drug-likeness (QED) is 0.573. The molecule has 0 aliphatic heterocycles. The number of anilines is 1. The fourth-order valence-corrected chi connectivity index (χ4v) is 3.00. The number of rotatable bonds is 8. The number of amides is 1. The highest BCUT2D eigenvalue weighted by Crippen LogP contribution is 2.27. The molecule has 1 N–H and O–H groups in total. The van der Waals surface area contributed by atoms with Crippen LogP contribution < -0.4 is 14.8 Å². The van der Waals surface area contributed by atoms with E-state index in [1.54, 1.807) is 19.2 Å². The molecule has 8 heteroatoms. The topological polar surface area (TPSA) is 86.5 Å². The summed E-state index contributed by atoms with van der Waals surface area (Å²) in [6.07, 6.45) is 0.